The van der Waals surface area contributed by atoms with Gasteiger partial charge in [0.1, 0.15) is 11.5 Å². The minimum absolute atomic E-state index is 0.242. The van der Waals surface area contributed by atoms with Gasteiger partial charge in [0, 0.05) is 34.5 Å². The highest BCUT2D eigenvalue weighted by atomic mass is 16.6. The van der Waals surface area contributed by atoms with Gasteiger partial charge in [-0.1, -0.05) is 35.9 Å². The Bertz CT molecular complexity index is 1390. The van der Waals surface area contributed by atoms with E-state index in [2.05, 4.69) is 10.6 Å². The standard InChI is InChI=1S/C28H27N3O5/c1-4-35-27(32)17-36-26-16-25(19-10-8-18(2)9-11-19)31-24-13-12-21(15-23(24)26)30-28(33)29-20-6-5-7-22(14-20)34-3/h5-16H,4,17H2,1-3H3,(H2,29,30,33). The van der Waals surface area contributed by atoms with E-state index in [4.69, 9.17) is 19.2 Å². The second-order valence-corrected chi connectivity index (χ2v) is 8.01. The Labute approximate surface area is 209 Å². The van der Waals surface area contributed by atoms with E-state index in [1.54, 1.807) is 62.6 Å². The number of rotatable bonds is 8. The van der Waals surface area contributed by atoms with E-state index in [-0.39, 0.29) is 13.2 Å². The third-order valence-corrected chi connectivity index (χ3v) is 5.35. The van der Waals surface area contributed by atoms with Crippen LogP contribution in [0, 0.1) is 6.92 Å². The first-order chi connectivity index (χ1) is 17.4. The van der Waals surface area contributed by atoms with E-state index >= 15 is 0 Å². The number of nitrogens with zero attached hydrogens (tertiary/aromatic N) is 1. The molecule has 2 N–H and O–H groups in total. The van der Waals surface area contributed by atoms with Crippen molar-refractivity contribution in [1.82, 2.24) is 4.98 Å². The van der Waals surface area contributed by atoms with E-state index in [0.717, 1.165) is 11.1 Å². The summed E-state index contributed by atoms with van der Waals surface area (Å²) in [5, 5.41) is 6.25. The molecule has 36 heavy (non-hydrogen) atoms. The Morgan fingerprint density at radius 1 is 0.917 bits per heavy atom. The van der Waals surface area contributed by atoms with Gasteiger partial charge >= 0.3 is 12.0 Å². The lowest BCUT2D eigenvalue weighted by Crippen LogP contribution is -2.19. The highest BCUT2D eigenvalue weighted by Crippen LogP contribution is 2.32. The van der Waals surface area contributed by atoms with Crippen molar-refractivity contribution >= 4 is 34.3 Å². The fraction of sp³-hybridized carbons (Fsp3) is 0.179. The molecule has 8 heteroatoms. The molecule has 0 fully saturated rings. The molecule has 4 rings (SSSR count). The Morgan fingerprint density at radius 2 is 1.67 bits per heavy atom. The van der Waals surface area contributed by atoms with Crippen LogP contribution in [0.4, 0.5) is 16.2 Å². The van der Waals surface area contributed by atoms with Crippen LogP contribution in [0.15, 0.2) is 72.8 Å². The maximum atomic E-state index is 12.6. The summed E-state index contributed by atoms with van der Waals surface area (Å²) in [7, 11) is 1.56. The monoisotopic (exact) mass is 485 g/mol. The molecule has 2 amide bonds. The molecule has 1 aromatic heterocycles. The van der Waals surface area contributed by atoms with E-state index in [0.29, 0.717) is 39.5 Å². The fourth-order valence-electron chi connectivity index (χ4n) is 3.60. The third kappa shape index (κ3) is 6.09. The second kappa shape index (κ2) is 11.2. The van der Waals surface area contributed by atoms with Crippen LogP contribution in [0.5, 0.6) is 11.5 Å². The average molecular weight is 486 g/mol. The molecule has 0 aliphatic carbocycles. The molecular formula is C28H27N3O5. The van der Waals surface area contributed by atoms with Crippen molar-refractivity contribution in [3.63, 3.8) is 0 Å². The number of carbonyl (C=O) groups is 2. The van der Waals surface area contributed by atoms with Crippen LogP contribution >= 0.6 is 0 Å². The van der Waals surface area contributed by atoms with Gasteiger partial charge in [0.25, 0.3) is 0 Å². The summed E-state index contributed by atoms with van der Waals surface area (Å²) in [4.78, 5) is 29.3. The molecule has 0 saturated heterocycles. The first-order valence-corrected chi connectivity index (χ1v) is 11.5. The van der Waals surface area contributed by atoms with Crippen LogP contribution in [-0.4, -0.2) is 37.3 Å². The predicted octanol–water partition coefficient (Wildman–Crippen LogP) is 5.80. The molecule has 8 nitrogen and oxygen atoms in total. The largest absolute Gasteiger partial charge is 0.497 e. The molecule has 0 atom stereocenters. The van der Waals surface area contributed by atoms with Crippen molar-refractivity contribution in [3.05, 3.63) is 78.4 Å². The number of carbonyl (C=O) groups excluding carboxylic acids is 2. The van der Waals surface area contributed by atoms with E-state index in [1.165, 1.54) is 0 Å². The topological polar surface area (TPSA) is 98.8 Å². The van der Waals surface area contributed by atoms with Gasteiger partial charge in [-0.15, -0.1) is 0 Å². The number of nitrogens with one attached hydrogen (secondary N) is 2. The zero-order chi connectivity index (χ0) is 25.5. The van der Waals surface area contributed by atoms with Crippen molar-refractivity contribution in [2.24, 2.45) is 0 Å². The number of pyridine rings is 1. The highest BCUT2D eigenvalue weighted by Gasteiger charge is 2.13. The summed E-state index contributed by atoms with van der Waals surface area (Å²) in [6, 6.07) is 21.7. The number of anilines is 2. The Balaban J connectivity index is 1.62. The number of methoxy groups -OCH3 is 1. The molecule has 1 heterocycles. The molecule has 0 aliphatic heterocycles. The second-order valence-electron chi connectivity index (χ2n) is 8.01. The van der Waals surface area contributed by atoms with Gasteiger partial charge < -0.3 is 24.8 Å². The van der Waals surface area contributed by atoms with Crippen LogP contribution in [0.25, 0.3) is 22.2 Å². The number of fused-ring (bicyclic) bond motifs is 1. The van der Waals surface area contributed by atoms with E-state index in [9.17, 15) is 9.59 Å². The molecule has 0 unspecified atom stereocenters. The van der Waals surface area contributed by atoms with Gasteiger partial charge in [0.05, 0.1) is 24.9 Å². The van der Waals surface area contributed by atoms with Crippen LogP contribution < -0.4 is 20.1 Å². The number of aryl methyl sites for hydroxylation is 1. The van der Waals surface area contributed by atoms with Gasteiger partial charge in [0.15, 0.2) is 6.61 Å². The number of amides is 2. The summed E-state index contributed by atoms with van der Waals surface area (Å²) in [5.74, 6) is 0.629. The summed E-state index contributed by atoms with van der Waals surface area (Å²) >= 11 is 0. The minimum Gasteiger partial charge on any atom is -0.497 e. The van der Waals surface area contributed by atoms with Crippen LogP contribution in [0.2, 0.25) is 0 Å². The molecule has 184 valence electrons. The Hall–Kier alpha value is -4.59. The van der Waals surface area contributed by atoms with Crippen molar-refractivity contribution in [2.45, 2.75) is 13.8 Å². The summed E-state index contributed by atoms with van der Waals surface area (Å²) in [6.45, 7) is 3.78. The molecule has 0 bridgehead atoms. The maximum Gasteiger partial charge on any atom is 0.344 e. The van der Waals surface area contributed by atoms with Gasteiger partial charge in [-0.25, -0.2) is 14.6 Å². The first kappa shape index (κ1) is 24.5. The number of esters is 1. The molecule has 0 radical (unpaired) electrons. The Morgan fingerprint density at radius 3 is 2.39 bits per heavy atom. The molecule has 3 aromatic carbocycles. The lowest BCUT2D eigenvalue weighted by atomic mass is 10.1. The number of benzene rings is 3. The predicted molar refractivity (Wildman–Crippen MR) is 140 cm³/mol. The van der Waals surface area contributed by atoms with Gasteiger partial charge in [-0.05, 0) is 44.2 Å². The van der Waals surface area contributed by atoms with Gasteiger partial charge in [-0.2, -0.15) is 0 Å². The summed E-state index contributed by atoms with van der Waals surface area (Å²) < 4.78 is 16.0. The number of ether oxygens (including phenoxy) is 3. The van der Waals surface area contributed by atoms with Gasteiger partial charge in [-0.3, -0.25) is 0 Å². The number of hydrogen-bond donors (Lipinski definition) is 2. The van der Waals surface area contributed by atoms with Crippen molar-refractivity contribution in [2.75, 3.05) is 31.0 Å². The summed E-state index contributed by atoms with van der Waals surface area (Å²) in [5.41, 5.74) is 4.55. The van der Waals surface area contributed by atoms with Crippen molar-refractivity contribution < 1.29 is 23.8 Å². The summed E-state index contributed by atoms with van der Waals surface area (Å²) in [6.07, 6.45) is 0. The van der Waals surface area contributed by atoms with Crippen molar-refractivity contribution in [1.29, 1.82) is 0 Å². The zero-order valence-corrected chi connectivity index (χ0v) is 20.3. The minimum atomic E-state index is -0.466. The Kier molecular flexibility index (Phi) is 7.65. The molecule has 0 spiro atoms. The number of urea groups is 1. The van der Waals surface area contributed by atoms with Crippen LogP contribution in [0.3, 0.4) is 0 Å². The highest BCUT2D eigenvalue weighted by molar-refractivity contribution is 6.01. The first-order valence-electron chi connectivity index (χ1n) is 11.5. The molecule has 4 aromatic rings. The maximum absolute atomic E-state index is 12.6. The quantitative estimate of drug-likeness (QED) is 0.306. The fourth-order valence-corrected chi connectivity index (χ4v) is 3.60. The van der Waals surface area contributed by atoms with E-state index < -0.39 is 12.0 Å². The molecule has 0 aliphatic rings. The SMILES string of the molecule is CCOC(=O)COc1cc(-c2ccc(C)cc2)nc2ccc(NC(=O)Nc3cccc(OC)c3)cc12. The smallest absolute Gasteiger partial charge is 0.344 e. The lowest BCUT2D eigenvalue weighted by Gasteiger charge is -2.13. The van der Waals surface area contributed by atoms with Crippen molar-refractivity contribution in [3.8, 4) is 22.8 Å². The molecular weight excluding hydrogens is 458 g/mol. The lowest BCUT2D eigenvalue weighted by molar-refractivity contribution is -0.145. The number of aromatic nitrogens is 1. The van der Waals surface area contributed by atoms with Crippen LogP contribution in [-0.2, 0) is 9.53 Å². The number of hydrogen-bond acceptors (Lipinski definition) is 6. The average Bonchev–Trinajstić information content (AvgIpc) is 2.88. The van der Waals surface area contributed by atoms with Crippen LogP contribution in [0.1, 0.15) is 12.5 Å². The normalized spacial score (nSPS) is 10.5. The molecule has 0 saturated carbocycles. The van der Waals surface area contributed by atoms with E-state index in [1.807, 2.05) is 31.2 Å². The van der Waals surface area contributed by atoms with Gasteiger partial charge in [0.2, 0.25) is 0 Å². The zero-order valence-electron chi connectivity index (χ0n) is 20.3. The third-order valence-electron chi connectivity index (χ3n) is 5.35.